The molecule has 1 aromatic carbocycles. The highest BCUT2D eigenvalue weighted by Gasteiger charge is 2.61. The molecular formula is C21H25N3O. The molecular weight excluding hydrogens is 310 g/mol. The monoisotopic (exact) mass is 335 g/mol. The minimum Gasteiger partial charge on any atom is -0.392 e. The Morgan fingerprint density at radius 1 is 1.12 bits per heavy atom. The maximum Gasteiger partial charge on any atom is 0.0956 e. The third-order valence-electron chi connectivity index (χ3n) is 7.87. The second-order valence-electron chi connectivity index (χ2n) is 8.85. The van der Waals surface area contributed by atoms with Crippen LogP contribution in [-0.2, 0) is 0 Å². The average Bonchev–Trinajstić information content (AvgIpc) is 3.25. The van der Waals surface area contributed by atoms with Crippen molar-refractivity contribution in [2.45, 2.75) is 56.3 Å². The Labute approximate surface area is 148 Å². The SMILES string of the molecule is CN1[C@@H]2CC[C@H]1CC1(C[C@@H]([C@H]3c4ccccc4-c4cncn43)[C@H]1O)C2. The molecule has 4 heterocycles. The van der Waals surface area contributed by atoms with Crippen LogP contribution < -0.4 is 0 Å². The summed E-state index contributed by atoms with van der Waals surface area (Å²) < 4.78 is 2.30. The molecule has 2 aromatic rings. The number of rotatable bonds is 1. The highest BCUT2D eigenvalue weighted by molar-refractivity contribution is 5.69. The summed E-state index contributed by atoms with van der Waals surface area (Å²) in [6, 6.07) is 10.3. The maximum absolute atomic E-state index is 11.3. The van der Waals surface area contributed by atoms with Gasteiger partial charge in [0.2, 0.25) is 0 Å². The third-order valence-corrected chi connectivity index (χ3v) is 7.87. The second kappa shape index (κ2) is 4.74. The van der Waals surface area contributed by atoms with Gasteiger partial charge in [0, 0.05) is 29.0 Å². The summed E-state index contributed by atoms with van der Waals surface area (Å²) in [6.45, 7) is 0. The summed E-state index contributed by atoms with van der Waals surface area (Å²) in [7, 11) is 2.28. The van der Waals surface area contributed by atoms with E-state index in [2.05, 4.69) is 45.8 Å². The fraction of sp³-hybridized carbons (Fsp3) is 0.571. The number of nitrogens with zero attached hydrogens (tertiary/aromatic N) is 3. The molecule has 1 aliphatic carbocycles. The van der Waals surface area contributed by atoms with Crippen LogP contribution >= 0.6 is 0 Å². The number of fused-ring (bicyclic) bond motifs is 5. The van der Waals surface area contributed by atoms with Crippen LogP contribution in [0.15, 0.2) is 36.8 Å². The Morgan fingerprint density at radius 2 is 1.88 bits per heavy atom. The van der Waals surface area contributed by atoms with Crippen LogP contribution in [-0.4, -0.2) is 44.8 Å². The van der Waals surface area contributed by atoms with Crippen LogP contribution in [0.1, 0.15) is 43.7 Å². The van der Waals surface area contributed by atoms with Crippen LogP contribution in [0, 0.1) is 11.3 Å². The number of piperidine rings is 1. The highest BCUT2D eigenvalue weighted by Crippen LogP contribution is 2.62. The van der Waals surface area contributed by atoms with E-state index in [1.807, 2.05) is 12.5 Å². The van der Waals surface area contributed by atoms with Crippen molar-refractivity contribution in [3.8, 4) is 11.3 Å². The summed E-state index contributed by atoms with van der Waals surface area (Å²) in [4.78, 5) is 6.96. The van der Waals surface area contributed by atoms with Crippen molar-refractivity contribution in [1.82, 2.24) is 14.5 Å². The van der Waals surface area contributed by atoms with E-state index in [0.29, 0.717) is 18.0 Å². The van der Waals surface area contributed by atoms with Crippen molar-refractivity contribution in [3.05, 3.63) is 42.4 Å². The van der Waals surface area contributed by atoms with Crippen LogP contribution in [0.4, 0.5) is 0 Å². The largest absolute Gasteiger partial charge is 0.392 e. The first-order chi connectivity index (χ1) is 12.2. The topological polar surface area (TPSA) is 41.3 Å². The number of aliphatic hydroxyl groups is 1. The van der Waals surface area contributed by atoms with Gasteiger partial charge in [0.1, 0.15) is 0 Å². The van der Waals surface area contributed by atoms with Gasteiger partial charge in [-0.25, -0.2) is 4.98 Å². The van der Waals surface area contributed by atoms with E-state index in [1.165, 1.54) is 42.5 Å². The smallest absolute Gasteiger partial charge is 0.0956 e. The molecule has 1 saturated carbocycles. The van der Waals surface area contributed by atoms with Crippen molar-refractivity contribution >= 4 is 0 Å². The Balaban J connectivity index is 1.34. The lowest BCUT2D eigenvalue weighted by molar-refractivity contribution is -0.168. The molecule has 130 valence electrons. The zero-order valence-electron chi connectivity index (χ0n) is 14.7. The molecule has 6 rings (SSSR count). The van der Waals surface area contributed by atoms with Gasteiger partial charge in [0.15, 0.2) is 0 Å². The lowest BCUT2D eigenvalue weighted by atomic mass is 9.52. The molecule has 0 radical (unpaired) electrons. The number of hydrogen-bond acceptors (Lipinski definition) is 3. The lowest BCUT2D eigenvalue weighted by Crippen LogP contribution is -2.61. The van der Waals surface area contributed by atoms with E-state index in [4.69, 9.17) is 0 Å². The van der Waals surface area contributed by atoms with Crippen LogP contribution in [0.2, 0.25) is 0 Å². The van der Waals surface area contributed by atoms with E-state index >= 15 is 0 Å². The van der Waals surface area contributed by atoms with E-state index in [-0.39, 0.29) is 17.6 Å². The van der Waals surface area contributed by atoms with Crippen LogP contribution in [0.25, 0.3) is 11.3 Å². The van der Waals surface area contributed by atoms with Gasteiger partial charge in [-0.3, -0.25) is 0 Å². The molecule has 6 atom stereocenters. The van der Waals surface area contributed by atoms with Crippen molar-refractivity contribution in [1.29, 1.82) is 0 Å². The molecule has 1 aromatic heterocycles. The molecule has 4 heteroatoms. The molecule has 3 aliphatic heterocycles. The van der Waals surface area contributed by atoms with Gasteiger partial charge >= 0.3 is 0 Å². The van der Waals surface area contributed by atoms with Gasteiger partial charge in [-0.05, 0) is 44.7 Å². The van der Waals surface area contributed by atoms with Gasteiger partial charge < -0.3 is 14.6 Å². The van der Waals surface area contributed by atoms with Crippen molar-refractivity contribution in [2.24, 2.45) is 11.3 Å². The van der Waals surface area contributed by atoms with E-state index in [0.717, 1.165) is 6.42 Å². The van der Waals surface area contributed by atoms with E-state index < -0.39 is 0 Å². The molecule has 0 amide bonds. The summed E-state index contributed by atoms with van der Waals surface area (Å²) in [5.41, 5.74) is 4.04. The predicted molar refractivity (Wildman–Crippen MR) is 96.2 cm³/mol. The number of imidazole rings is 1. The first kappa shape index (κ1) is 14.5. The molecule has 1 unspecified atom stereocenters. The molecule has 2 bridgehead atoms. The zero-order chi connectivity index (χ0) is 16.8. The highest BCUT2D eigenvalue weighted by atomic mass is 16.3. The first-order valence-corrected chi connectivity index (χ1v) is 9.69. The maximum atomic E-state index is 11.3. The lowest BCUT2D eigenvalue weighted by Gasteiger charge is -2.59. The van der Waals surface area contributed by atoms with Gasteiger partial charge in [-0.2, -0.15) is 0 Å². The Kier molecular flexibility index (Phi) is 2.75. The first-order valence-electron chi connectivity index (χ1n) is 9.69. The molecule has 25 heavy (non-hydrogen) atoms. The van der Waals surface area contributed by atoms with Gasteiger partial charge in [0.05, 0.1) is 30.4 Å². The summed E-state index contributed by atoms with van der Waals surface area (Å²) in [6.07, 6.45) is 9.90. The fourth-order valence-electron chi connectivity index (χ4n) is 6.60. The van der Waals surface area contributed by atoms with Crippen molar-refractivity contribution < 1.29 is 5.11 Å². The summed E-state index contributed by atoms with van der Waals surface area (Å²) in [5.74, 6) is 0.319. The molecule has 1 N–H and O–H groups in total. The number of hydrogen-bond donors (Lipinski definition) is 1. The second-order valence-corrected chi connectivity index (χ2v) is 8.85. The fourth-order valence-corrected chi connectivity index (χ4v) is 6.60. The quantitative estimate of drug-likeness (QED) is 0.871. The number of aliphatic hydroxyl groups excluding tert-OH is 1. The number of benzene rings is 1. The van der Waals surface area contributed by atoms with Gasteiger partial charge in [-0.1, -0.05) is 24.3 Å². The molecule has 4 nitrogen and oxygen atoms in total. The standard InChI is InChI=1S/C21H25N3O/c1-23-13-6-7-14(23)9-21(8-13)10-17(20(21)25)19-16-5-3-2-4-15(16)18-11-22-12-24(18)19/h2-5,11-14,17,19-20,25H,6-10H2,1H3/t13-,14+,17-,19+,20+,21?/m0/s1. The van der Waals surface area contributed by atoms with E-state index in [9.17, 15) is 5.11 Å². The minimum absolute atomic E-state index is 0.168. The molecule has 1 spiro atoms. The predicted octanol–water partition coefficient (Wildman–Crippen LogP) is 3.08. The van der Waals surface area contributed by atoms with Crippen LogP contribution in [0.5, 0.6) is 0 Å². The molecule has 3 fully saturated rings. The van der Waals surface area contributed by atoms with E-state index in [1.54, 1.807) is 0 Å². The van der Waals surface area contributed by atoms with Gasteiger partial charge in [0.25, 0.3) is 0 Å². The zero-order valence-corrected chi connectivity index (χ0v) is 14.7. The van der Waals surface area contributed by atoms with Crippen molar-refractivity contribution in [3.63, 3.8) is 0 Å². The molecule has 4 aliphatic rings. The number of aromatic nitrogens is 2. The average molecular weight is 335 g/mol. The molecule has 2 saturated heterocycles. The van der Waals surface area contributed by atoms with Crippen molar-refractivity contribution in [2.75, 3.05) is 7.05 Å². The van der Waals surface area contributed by atoms with Gasteiger partial charge in [-0.15, -0.1) is 0 Å². The Bertz CT molecular complexity index is 829. The Hall–Kier alpha value is -1.65. The van der Waals surface area contributed by atoms with Crippen LogP contribution in [0.3, 0.4) is 0 Å². The third kappa shape index (κ3) is 1.72. The summed E-state index contributed by atoms with van der Waals surface area (Å²) >= 11 is 0. The minimum atomic E-state index is -0.185. The Morgan fingerprint density at radius 3 is 2.64 bits per heavy atom. The normalized spacial score (nSPS) is 41.6. The summed E-state index contributed by atoms with van der Waals surface area (Å²) in [5, 5.41) is 11.3.